The Balaban J connectivity index is 2.67. The summed E-state index contributed by atoms with van der Waals surface area (Å²) in [4.78, 5) is 23.1. The molecule has 1 aromatic heterocycles. The van der Waals surface area contributed by atoms with Crippen molar-refractivity contribution < 1.29 is 0 Å². The smallest absolute Gasteiger partial charge is 0.246 e. The van der Waals surface area contributed by atoms with Gasteiger partial charge in [0, 0.05) is 13.1 Å². The normalized spacial score (nSPS) is 14.5. The second-order valence-corrected chi connectivity index (χ2v) is 3.06. The molecule has 5 nitrogen and oxygen atoms in total. The van der Waals surface area contributed by atoms with Gasteiger partial charge in [-0.3, -0.25) is 0 Å². The lowest BCUT2D eigenvalue weighted by Gasteiger charge is -1.91. The van der Waals surface area contributed by atoms with Crippen molar-refractivity contribution in [2.45, 2.75) is 26.1 Å². The third-order valence-electron chi connectivity index (χ3n) is 2.25. The molecule has 0 fully saturated rings. The molecule has 70 valence electrons. The Bertz CT molecular complexity index is 413. The van der Waals surface area contributed by atoms with Gasteiger partial charge in [0.1, 0.15) is 0 Å². The van der Waals surface area contributed by atoms with Gasteiger partial charge >= 0.3 is 11.4 Å². The molecule has 0 aliphatic carbocycles. The first kappa shape index (κ1) is 8.10. The highest BCUT2D eigenvalue weighted by atomic mass is 16.2. The summed E-state index contributed by atoms with van der Waals surface area (Å²) in [5, 5.41) is 0. The average Bonchev–Trinajstić information content (AvgIpc) is 2.66. The van der Waals surface area contributed by atoms with Crippen LogP contribution in [-0.2, 0) is 19.6 Å². The van der Waals surface area contributed by atoms with Crippen LogP contribution in [0.4, 0.5) is 0 Å². The van der Waals surface area contributed by atoms with Gasteiger partial charge in [-0.15, -0.1) is 6.58 Å². The molecule has 2 heterocycles. The Kier molecular flexibility index (Phi) is 1.72. The molecule has 2 rings (SSSR count). The highest BCUT2D eigenvalue weighted by Crippen LogP contribution is 1.98. The van der Waals surface area contributed by atoms with Crippen LogP contribution in [-0.4, -0.2) is 13.9 Å². The van der Waals surface area contributed by atoms with Crippen LogP contribution in [0.25, 0.3) is 0 Å². The molecular formula is C8H11N3O2. The predicted octanol–water partition coefficient (Wildman–Crippen LogP) is -0.599. The molecule has 1 aliphatic heterocycles. The fourth-order valence-corrected chi connectivity index (χ4v) is 1.66. The molecule has 0 aromatic carbocycles. The van der Waals surface area contributed by atoms with Crippen molar-refractivity contribution >= 4 is 0 Å². The van der Waals surface area contributed by atoms with Crippen LogP contribution >= 0.6 is 0 Å². The second kappa shape index (κ2) is 2.76. The average molecular weight is 181 g/mol. The highest BCUT2D eigenvalue weighted by Gasteiger charge is 2.18. The van der Waals surface area contributed by atoms with Gasteiger partial charge in [0.2, 0.25) is 0 Å². The lowest BCUT2D eigenvalue weighted by molar-refractivity contribution is 0.580. The summed E-state index contributed by atoms with van der Waals surface area (Å²) in [6, 6.07) is 0. The van der Waals surface area contributed by atoms with Crippen molar-refractivity contribution in [2.75, 3.05) is 0 Å². The molecule has 0 N–H and O–H groups in total. The molecule has 0 radical (unpaired) electrons. The third kappa shape index (κ3) is 0.998. The fraction of sp³-hybridized carbons (Fsp3) is 0.500. The number of nitrogens with zero attached hydrogens (tertiary/aromatic N) is 3. The Labute approximate surface area is 74.5 Å². The summed E-state index contributed by atoms with van der Waals surface area (Å²) in [5.74, 6) is 0. The first-order valence-corrected chi connectivity index (χ1v) is 4.27. The van der Waals surface area contributed by atoms with Crippen LogP contribution in [0.3, 0.4) is 0 Å². The molecule has 0 atom stereocenters. The summed E-state index contributed by atoms with van der Waals surface area (Å²) >= 11 is 0. The highest BCUT2D eigenvalue weighted by molar-refractivity contribution is 4.81. The van der Waals surface area contributed by atoms with Gasteiger partial charge in [-0.25, -0.2) is 23.5 Å². The molecule has 0 amide bonds. The van der Waals surface area contributed by atoms with Gasteiger partial charge in [0.25, 0.3) is 0 Å². The SMILES string of the molecule is C=CCn1c(=O)n2n(c1=O)CCC2. The van der Waals surface area contributed by atoms with E-state index in [9.17, 15) is 9.59 Å². The summed E-state index contributed by atoms with van der Waals surface area (Å²) in [6.07, 6.45) is 2.43. The van der Waals surface area contributed by atoms with Gasteiger partial charge in [-0.05, 0) is 6.42 Å². The fourth-order valence-electron chi connectivity index (χ4n) is 1.66. The van der Waals surface area contributed by atoms with E-state index in [1.807, 2.05) is 0 Å². The van der Waals surface area contributed by atoms with Gasteiger partial charge < -0.3 is 0 Å². The van der Waals surface area contributed by atoms with E-state index in [-0.39, 0.29) is 11.4 Å². The molecule has 1 aromatic rings. The van der Waals surface area contributed by atoms with Crippen LogP contribution in [0.1, 0.15) is 6.42 Å². The lowest BCUT2D eigenvalue weighted by Crippen LogP contribution is -2.29. The summed E-state index contributed by atoms with van der Waals surface area (Å²) < 4.78 is 4.18. The first-order valence-electron chi connectivity index (χ1n) is 4.27. The number of hydrogen-bond acceptors (Lipinski definition) is 2. The van der Waals surface area contributed by atoms with Gasteiger partial charge in [0.05, 0.1) is 6.54 Å². The summed E-state index contributed by atoms with van der Waals surface area (Å²) in [6.45, 7) is 5.10. The molecule has 0 spiro atoms. The second-order valence-electron chi connectivity index (χ2n) is 3.06. The lowest BCUT2D eigenvalue weighted by atomic mass is 10.5. The number of allylic oxidation sites excluding steroid dienone is 1. The van der Waals surface area contributed by atoms with E-state index in [4.69, 9.17) is 0 Å². The maximum atomic E-state index is 11.5. The topological polar surface area (TPSA) is 48.9 Å². The van der Waals surface area contributed by atoms with E-state index in [1.165, 1.54) is 13.9 Å². The van der Waals surface area contributed by atoms with Crippen LogP contribution in [0.2, 0.25) is 0 Å². The molecule has 13 heavy (non-hydrogen) atoms. The van der Waals surface area contributed by atoms with Crippen molar-refractivity contribution in [3.05, 3.63) is 33.6 Å². The maximum absolute atomic E-state index is 11.5. The van der Waals surface area contributed by atoms with Crippen molar-refractivity contribution in [3.63, 3.8) is 0 Å². The minimum atomic E-state index is -0.220. The summed E-state index contributed by atoms with van der Waals surface area (Å²) in [7, 11) is 0. The van der Waals surface area contributed by atoms with E-state index in [1.54, 1.807) is 6.08 Å². The number of fused-ring (bicyclic) bond motifs is 1. The first-order chi connectivity index (χ1) is 6.25. The van der Waals surface area contributed by atoms with Crippen LogP contribution in [0.15, 0.2) is 22.2 Å². The zero-order valence-electron chi connectivity index (χ0n) is 7.27. The van der Waals surface area contributed by atoms with Crippen LogP contribution < -0.4 is 11.4 Å². The Morgan fingerprint density at radius 3 is 2.23 bits per heavy atom. The Morgan fingerprint density at radius 1 is 1.23 bits per heavy atom. The molecule has 0 bridgehead atoms. The maximum Gasteiger partial charge on any atom is 0.347 e. The van der Waals surface area contributed by atoms with Crippen LogP contribution in [0, 0.1) is 0 Å². The van der Waals surface area contributed by atoms with Gasteiger partial charge in [-0.1, -0.05) is 6.08 Å². The molecular weight excluding hydrogens is 170 g/mol. The van der Waals surface area contributed by atoms with Crippen molar-refractivity contribution in [1.82, 2.24) is 13.9 Å². The molecule has 1 aliphatic rings. The molecule has 0 unspecified atom stereocenters. The Morgan fingerprint density at radius 2 is 1.77 bits per heavy atom. The zero-order valence-corrected chi connectivity index (χ0v) is 7.27. The number of rotatable bonds is 2. The van der Waals surface area contributed by atoms with E-state index in [0.29, 0.717) is 19.6 Å². The number of hydrogen-bond donors (Lipinski definition) is 0. The number of aromatic nitrogens is 3. The van der Waals surface area contributed by atoms with Gasteiger partial charge in [-0.2, -0.15) is 0 Å². The minimum Gasteiger partial charge on any atom is -0.246 e. The standard InChI is InChI=1S/C8H11N3O2/c1-2-4-9-7(12)10-5-3-6-11(10)8(9)13/h2H,1,3-6H2. The zero-order chi connectivity index (χ0) is 9.42. The quantitative estimate of drug-likeness (QED) is 0.572. The summed E-state index contributed by atoms with van der Waals surface area (Å²) in [5.41, 5.74) is -0.440. The minimum absolute atomic E-state index is 0.220. The van der Waals surface area contributed by atoms with E-state index in [2.05, 4.69) is 6.58 Å². The van der Waals surface area contributed by atoms with Gasteiger partial charge in [0.15, 0.2) is 0 Å². The van der Waals surface area contributed by atoms with Crippen LogP contribution in [0.5, 0.6) is 0 Å². The van der Waals surface area contributed by atoms with Crippen molar-refractivity contribution in [1.29, 1.82) is 0 Å². The molecule has 0 saturated heterocycles. The third-order valence-corrected chi connectivity index (χ3v) is 2.25. The largest absolute Gasteiger partial charge is 0.347 e. The van der Waals surface area contributed by atoms with Crippen molar-refractivity contribution in [2.24, 2.45) is 0 Å². The Hall–Kier alpha value is -1.52. The molecule has 0 saturated carbocycles. The van der Waals surface area contributed by atoms with Crippen molar-refractivity contribution in [3.8, 4) is 0 Å². The molecule has 5 heteroatoms. The van der Waals surface area contributed by atoms with E-state index >= 15 is 0 Å². The monoisotopic (exact) mass is 181 g/mol. The predicted molar refractivity (Wildman–Crippen MR) is 47.8 cm³/mol. The van der Waals surface area contributed by atoms with E-state index < -0.39 is 0 Å². The van der Waals surface area contributed by atoms with E-state index in [0.717, 1.165) is 6.42 Å².